The Hall–Kier alpha value is -3.72. The van der Waals surface area contributed by atoms with Crippen molar-refractivity contribution in [1.29, 1.82) is 0 Å². The van der Waals surface area contributed by atoms with Crippen LogP contribution >= 0.6 is 0 Å². The number of nitrogens with zero attached hydrogens (tertiary/aromatic N) is 3. The summed E-state index contributed by atoms with van der Waals surface area (Å²) in [5.74, 6) is 0.134. The summed E-state index contributed by atoms with van der Waals surface area (Å²) in [6.45, 7) is 0. The molecule has 6 aromatic rings. The molecule has 0 aliphatic carbocycles. The maximum absolute atomic E-state index is 2.36. The molecule has 0 amide bonds. The van der Waals surface area contributed by atoms with Gasteiger partial charge in [-0.05, 0) is 40.8 Å². The number of para-hydroxylation sites is 3. The highest BCUT2D eigenvalue weighted by atomic mass is 15.0. The molecule has 0 saturated carbocycles. The van der Waals surface area contributed by atoms with E-state index in [0.717, 1.165) is 0 Å². The van der Waals surface area contributed by atoms with Crippen LogP contribution in [0.15, 0.2) is 91.3 Å². The van der Waals surface area contributed by atoms with E-state index in [4.69, 9.17) is 0 Å². The summed E-state index contributed by atoms with van der Waals surface area (Å²) < 4.78 is 6.88. The minimum Gasteiger partial charge on any atom is -0.350 e. The van der Waals surface area contributed by atoms with Crippen molar-refractivity contribution in [1.82, 2.24) is 13.7 Å². The van der Waals surface area contributed by atoms with Crippen molar-refractivity contribution in [2.24, 2.45) is 21.1 Å². The van der Waals surface area contributed by atoms with Crippen LogP contribution in [0.2, 0.25) is 0 Å². The Bertz CT molecular complexity index is 1490. The standard InChI is InChI=1S/C28H25N3/c1-29-17-22(20-11-5-8-14-25(20)29)28(23-18-30(2)26-15-9-6-12-21(23)26)27-16-19-10-4-7-13-24(19)31(27)3/h4-18,28H,1-3H3. The van der Waals surface area contributed by atoms with Gasteiger partial charge < -0.3 is 13.7 Å². The van der Waals surface area contributed by atoms with E-state index in [0.29, 0.717) is 0 Å². The second-order valence-corrected chi connectivity index (χ2v) is 8.55. The van der Waals surface area contributed by atoms with E-state index in [1.165, 1.54) is 49.5 Å². The summed E-state index contributed by atoms with van der Waals surface area (Å²) in [6, 6.07) is 28.5. The third kappa shape index (κ3) is 2.59. The zero-order valence-corrected chi connectivity index (χ0v) is 18.1. The van der Waals surface area contributed by atoms with E-state index in [1.54, 1.807) is 0 Å². The molecule has 0 spiro atoms. The molecular weight excluding hydrogens is 378 g/mol. The highest BCUT2D eigenvalue weighted by Crippen LogP contribution is 2.41. The Morgan fingerprint density at radius 1 is 0.581 bits per heavy atom. The van der Waals surface area contributed by atoms with Gasteiger partial charge in [0.1, 0.15) is 0 Å². The molecule has 0 unspecified atom stereocenters. The van der Waals surface area contributed by atoms with Gasteiger partial charge in [0.05, 0.1) is 5.92 Å². The first-order chi connectivity index (χ1) is 15.1. The molecule has 0 fully saturated rings. The SMILES string of the molecule is Cn1cc(C(c2cn(C)c3ccccc23)c2cc3ccccc3n2C)c2ccccc21. The van der Waals surface area contributed by atoms with Gasteiger partial charge in [-0.25, -0.2) is 0 Å². The van der Waals surface area contributed by atoms with Crippen LogP contribution in [0.3, 0.4) is 0 Å². The van der Waals surface area contributed by atoms with Crippen LogP contribution in [0.25, 0.3) is 32.7 Å². The second-order valence-electron chi connectivity index (χ2n) is 8.55. The molecule has 0 aliphatic heterocycles. The molecule has 0 N–H and O–H groups in total. The molecule has 0 saturated heterocycles. The molecule has 3 nitrogen and oxygen atoms in total. The molecule has 3 heteroatoms. The highest BCUT2D eigenvalue weighted by molar-refractivity contribution is 5.91. The quantitative estimate of drug-likeness (QED) is 0.327. The summed E-state index contributed by atoms with van der Waals surface area (Å²) in [4.78, 5) is 0. The Balaban J connectivity index is 1.73. The maximum atomic E-state index is 2.36. The number of rotatable bonds is 3. The molecule has 0 aliphatic rings. The monoisotopic (exact) mass is 403 g/mol. The highest BCUT2D eigenvalue weighted by Gasteiger charge is 2.27. The second kappa shape index (κ2) is 6.64. The van der Waals surface area contributed by atoms with Crippen LogP contribution in [0, 0.1) is 0 Å². The van der Waals surface area contributed by atoms with Crippen molar-refractivity contribution in [3.63, 3.8) is 0 Å². The molecule has 6 rings (SSSR count). The molecule has 0 bridgehead atoms. The fourth-order valence-electron chi connectivity index (χ4n) is 5.28. The minimum atomic E-state index is 0.134. The lowest BCUT2D eigenvalue weighted by molar-refractivity contribution is 0.812. The van der Waals surface area contributed by atoms with E-state index in [-0.39, 0.29) is 5.92 Å². The predicted octanol–water partition coefficient (Wildman–Crippen LogP) is 6.34. The third-order valence-corrected chi connectivity index (χ3v) is 6.76. The lowest BCUT2D eigenvalue weighted by atomic mass is 9.87. The van der Waals surface area contributed by atoms with E-state index in [9.17, 15) is 0 Å². The van der Waals surface area contributed by atoms with Gasteiger partial charge in [-0.1, -0.05) is 54.6 Å². The topological polar surface area (TPSA) is 14.8 Å². The average Bonchev–Trinajstić information content (AvgIpc) is 3.43. The number of aryl methyl sites for hydroxylation is 3. The van der Waals surface area contributed by atoms with Crippen LogP contribution < -0.4 is 0 Å². The van der Waals surface area contributed by atoms with Crippen LogP contribution in [0.5, 0.6) is 0 Å². The Labute approximate surface area is 181 Å². The third-order valence-electron chi connectivity index (χ3n) is 6.76. The fourth-order valence-corrected chi connectivity index (χ4v) is 5.28. The Kier molecular flexibility index (Phi) is 3.87. The average molecular weight is 404 g/mol. The summed E-state index contributed by atoms with van der Waals surface area (Å²) in [5, 5.41) is 3.91. The summed E-state index contributed by atoms with van der Waals surface area (Å²) in [6.07, 6.45) is 4.63. The molecule has 3 heterocycles. The van der Waals surface area contributed by atoms with Gasteiger partial charge in [-0.3, -0.25) is 0 Å². The molecule has 3 aromatic carbocycles. The number of hydrogen-bond donors (Lipinski definition) is 0. The van der Waals surface area contributed by atoms with Crippen molar-refractivity contribution in [2.75, 3.05) is 0 Å². The Morgan fingerprint density at radius 2 is 1.06 bits per heavy atom. The fraction of sp³-hybridized carbons (Fsp3) is 0.143. The normalized spacial score (nSPS) is 12.0. The van der Waals surface area contributed by atoms with Crippen molar-refractivity contribution in [2.45, 2.75) is 5.92 Å². The van der Waals surface area contributed by atoms with Gasteiger partial charge in [0.15, 0.2) is 0 Å². The van der Waals surface area contributed by atoms with Crippen molar-refractivity contribution in [3.8, 4) is 0 Å². The van der Waals surface area contributed by atoms with Crippen molar-refractivity contribution in [3.05, 3.63) is 108 Å². The summed E-state index contributed by atoms with van der Waals surface area (Å²) in [5.41, 5.74) is 7.81. The van der Waals surface area contributed by atoms with E-state index >= 15 is 0 Å². The minimum absolute atomic E-state index is 0.134. The summed E-state index contributed by atoms with van der Waals surface area (Å²) in [7, 11) is 6.49. The predicted molar refractivity (Wildman–Crippen MR) is 130 cm³/mol. The lowest BCUT2D eigenvalue weighted by Gasteiger charge is -2.18. The lowest BCUT2D eigenvalue weighted by Crippen LogP contribution is -2.08. The molecule has 152 valence electrons. The first-order valence-electron chi connectivity index (χ1n) is 10.8. The van der Waals surface area contributed by atoms with Gasteiger partial charge in [0.25, 0.3) is 0 Å². The van der Waals surface area contributed by atoms with Gasteiger partial charge in [0, 0.05) is 66.6 Å². The number of fused-ring (bicyclic) bond motifs is 3. The van der Waals surface area contributed by atoms with E-state index in [2.05, 4.69) is 126 Å². The molecular formula is C28H25N3. The first-order valence-corrected chi connectivity index (χ1v) is 10.8. The van der Waals surface area contributed by atoms with Crippen LogP contribution in [0.1, 0.15) is 22.7 Å². The Morgan fingerprint density at radius 3 is 1.61 bits per heavy atom. The van der Waals surface area contributed by atoms with Crippen molar-refractivity contribution >= 4 is 32.7 Å². The number of hydrogen-bond acceptors (Lipinski definition) is 0. The molecule has 0 radical (unpaired) electrons. The van der Waals surface area contributed by atoms with Gasteiger partial charge in [0.2, 0.25) is 0 Å². The largest absolute Gasteiger partial charge is 0.350 e. The molecule has 0 atom stereocenters. The van der Waals surface area contributed by atoms with Gasteiger partial charge in [-0.15, -0.1) is 0 Å². The molecule has 31 heavy (non-hydrogen) atoms. The van der Waals surface area contributed by atoms with E-state index in [1.807, 2.05) is 0 Å². The molecule has 3 aromatic heterocycles. The smallest absolute Gasteiger partial charge is 0.0535 e. The van der Waals surface area contributed by atoms with Gasteiger partial charge >= 0.3 is 0 Å². The van der Waals surface area contributed by atoms with Crippen LogP contribution in [0.4, 0.5) is 0 Å². The van der Waals surface area contributed by atoms with E-state index < -0.39 is 0 Å². The zero-order valence-electron chi connectivity index (χ0n) is 18.1. The van der Waals surface area contributed by atoms with Crippen LogP contribution in [-0.2, 0) is 21.1 Å². The summed E-state index contributed by atoms with van der Waals surface area (Å²) >= 11 is 0. The number of benzene rings is 3. The maximum Gasteiger partial charge on any atom is 0.0535 e. The van der Waals surface area contributed by atoms with Crippen LogP contribution in [-0.4, -0.2) is 13.7 Å². The number of aromatic nitrogens is 3. The van der Waals surface area contributed by atoms with Gasteiger partial charge in [-0.2, -0.15) is 0 Å². The van der Waals surface area contributed by atoms with Crippen molar-refractivity contribution < 1.29 is 0 Å². The zero-order chi connectivity index (χ0) is 21.1. The first kappa shape index (κ1) is 18.1.